The molecule has 0 atom stereocenters. The van der Waals surface area contributed by atoms with Crippen molar-refractivity contribution in [3.63, 3.8) is 0 Å². The summed E-state index contributed by atoms with van der Waals surface area (Å²) in [6.45, 7) is 0. The summed E-state index contributed by atoms with van der Waals surface area (Å²) in [4.78, 5) is 3.06. The van der Waals surface area contributed by atoms with Crippen molar-refractivity contribution >= 4 is 28.1 Å². The maximum Gasteiger partial charge on any atom is 0.266 e. The van der Waals surface area contributed by atoms with E-state index in [0.29, 0.717) is 9.51 Å². The topological polar surface area (TPSA) is 28.9 Å². The fraction of sp³-hybridized carbons (Fsp3) is 0. The lowest BCUT2D eigenvalue weighted by Crippen LogP contribution is -1.47. The molecule has 38 valence electrons. The summed E-state index contributed by atoms with van der Waals surface area (Å²) in [7, 11) is 0. The fourth-order valence-electron chi connectivity index (χ4n) is 0.263. The molecular formula is C3H2BrNOS. The fourth-order valence-corrected chi connectivity index (χ4v) is 0.795. The van der Waals surface area contributed by atoms with Crippen LogP contribution >= 0.6 is 28.1 Å². The Labute approximate surface area is 53.7 Å². The first-order chi connectivity index (χ1) is 3.29. The van der Waals surface area contributed by atoms with Gasteiger partial charge in [-0.15, -0.1) is 0 Å². The zero-order chi connectivity index (χ0) is 5.28. The van der Waals surface area contributed by atoms with Crippen LogP contribution in [0, 0.1) is 4.84 Å². The second-order valence-corrected chi connectivity index (χ2v) is 2.13. The first-order valence-electron chi connectivity index (χ1n) is 1.63. The third-order valence-corrected chi connectivity index (χ3v) is 1.09. The average Bonchev–Trinajstić information content (AvgIpc) is 1.87. The lowest BCUT2D eigenvalue weighted by Gasteiger charge is -1.64. The highest BCUT2D eigenvalue weighted by molar-refractivity contribution is 9.10. The standard InChI is InChI=1S/C3H2BrNOS/c4-2-1-5-3(7)6-2/h1H,(H,5,7). The Kier molecular flexibility index (Phi) is 1.30. The normalized spacial score (nSPS) is 9.29. The van der Waals surface area contributed by atoms with Gasteiger partial charge in [-0.25, -0.2) is 0 Å². The monoisotopic (exact) mass is 179 g/mol. The molecule has 0 amide bonds. The van der Waals surface area contributed by atoms with Gasteiger partial charge in [0.2, 0.25) is 0 Å². The van der Waals surface area contributed by atoms with E-state index in [4.69, 9.17) is 4.42 Å². The zero-order valence-corrected chi connectivity index (χ0v) is 5.67. The second-order valence-electron chi connectivity index (χ2n) is 0.982. The maximum absolute atomic E-state index is 4.76. The molecule has 0 unspecified atom stereocenters. The Morgan fingerprint density at radius 3 is 2.71 bits per heavy atom. The second kappa shape index (κ2) is 1.79. The molecule has 0 saturated carbocycles. The molecule has 1 aromatic rings. The minimum absolute atomic E-state index is 0.395. The van der Waals surface area contributed by atoms with E-state index in [9.17, 15) is 0 Å². The quantitative estimate of drug-likeness (QED) is 0.619. The van der Waals surface area contributed by atoms with E-state index in [-0.39, 0.29) is 0 Å². The van der Waals surface area contributed by atoms with Gasteiger partial charge >= 0.3 is 0 Å². The van der Waals surface area contributed by atoms with Gasteiger partial charge in [-0.2, -0.15) is 0 Å². The van der Waals surface area contributed by atoms with Crippen molar-refractivity contribution in [1.82, 2.24) is 4.98 Å². The van der Waals surface area contributed by atoms with Crippen LogP contribution in [0.15, 0.2) is 15.3 Å². The van der Waals surface area contributed by atoms with E-state index in [1.54, 1.807) is 6.20 Å². The molecule has 0 saturated heterocycles. The van der Waals surface area contributed by atoms with Gasteiger partial charge < -0.3 is 9.40 Å². The van der Waals surface area contributed by atoms with Crippen molar-refractivity contribution in [2.45, 2.75) is 0 Å². The molecular weight excluding hydrogens is 178 g/mol. The Hall–Kier alpha value is -0.0900. The predicted molar refractivity (Wildman–Crippen MR) is 31.6 cm³/mol. The van der Waals surface area contributed by atoms with Crippen LogP contribution in [0.1, 0.15) is 0 Å². The van der Waals surface area contributed by atoms with Gasteiger partial charge in [0, 0.05) is 0 Å². The Morgan fingerprint density at radius 2 is 2.57 bits per heavy atom. The van der Waals surface area contributed by atoms with Crippen molar-refractivity contribution < 1.29 is 4.42 Å². The Morgan fingerprint density at radius 1 is 1.86 bits per heavy atom. The largest absolute Gasteiger partial charge is 0.422 e. The Bertz CT molecular complexity index is 203. The number of rotatable bonds is 0. The number of H-pyrrole nitrogens is 1. The molecule has 0 aliphatic carbocycles. The van der Waals surface area contributed by atoms with Gasteiger partial charge in [0.1, 0.15) is 0 Å². The van der Waals surface area contributed by atoms with Gasteiger partial charge in [-0.3, -0.25) is 0 Å². The summed E-state index contributed by atoms with van der Waals surface area (Å²) in [6, 6.07) is 0. The van der Waals surface area contributed by atoms with Crippen LogP contribution < -0.4 is 0 Å². The third kappa shape index (κ3) is 1.14. The molecule has 0 spiro atoms. The van der Waals surface area contributed by atoms with Gasteiger partial charge in [-0.05, 0) is 28.1 Å². The highest BCUT2D eigenvalue weighted by Gasteiger charge is 1.84. The van der Waals surface area contributed by atoms with Crippen LogP contribution in [0.2, 0.25) is 0 Å². The smallest absolute Gasteiger partial charge is 0.266 e. The summed E-state index contributed by atoms with van der Waals surface area (Å²) >= 11 is 7.65. The predicted octanol–water partition coefficient (Wildman–Crippen LogP) is 2.10. The average molecular weight is 180 g/mol. The van der Waals surface area contributed by atoms with E-state index in [0.717, 1.165) is 0 Å². The summed E-state index contributed by atoms with van der Waals surface area (Å²) in [5.74, 6) is 0. The van der Waals surface area contributed by atoms with E-state index < -0.39 is 0 Å². The van der Waals surface area contributed by atoms with Crippen LogP contribution in [0.3, 0.4) is 0 Å². The molecule has 4 heteroatoms. The molecule has 7 heavy (non-hydrogen) atoms. The summed E-state index contributed by atoms with van der Waals surface area (Å²) in [6.07, 6.45) is 1.64. The lowest BCUT2D eigenvalue weighted by atomic mass is 11.0. The van der Waals surface area contributed by atoms with Crippen LogP contribution in [0.25, 0.3) is 0 Å². The van der Waals surface area contributed by atoms with Gasteiger partial charge in [-0.1, -0.05) is 0 Å². The first kappa shape index (κ1) is 5.05. The molecule has 0 fully saturated rings. The van der Waals surface area contributed by atoms with Gasteiger partial charge in [0.15, 0.2) is 4.67 Å². The third-order valence-electron chi connectivity index (χ3n) is 0.494. The summed E-state index contributed by atoms with van der Waals surface area (Å²) < 4.78 is 5.40. The Balaban J connectivity index is 3.30. The number of halogens is 1. The van der Waals surface area contributed by atoms with Gasteiger partial charge in [0.25, 0.3) is 4.84 Å². The van der Waals surface area contributed by atoms with E-state index in [1.807, 2.05) is 0 Å². The molecule has 0 aliphatic rings. The maximum atomic E-state index is 4.76. The molecule has 0 aromatic carbocycles. The van der Waals surface area contributed by atoms with E-state index in [1.165, 1.54) is 0 Å². The van der Waals surface area contributed by atoms with Gasteiger partial charge in [0.05, 0.1) is 6.20 Å². The molecule has 2 nitrogen and oxygen atoms in total. The molecule has 1 N–H and O–H groups in total. The minimum Gasteiger partial charge on any atom is -0.422 e. The number of aromatic nitrogens is 1. The number of hydrogen-bond donors (Lipinski definition) is 1. The zero-order valence-electron chi connectivity index (χ0n) is 3.27. The highest BCUT2D eigenvalue weighted by atomic mass is 79.9. The number of oxazole rings is 1. The first-order valence-corrected chi connectivity index (χ1v) is 2.83. The van der Waals surface area contributed by atoms with Crippen LogP contribution in [0.4, 0.5) is 0 Å². The highest BCUT2D eigenvalue weighted by Crippen LogP contribution is 2.06. The van der Waals surface area contributed by atoms with Crippen molar-refractivity contribution in [3.8, 4) is 0 Å². The van der Waals surface area contributed by atoms with Crippen LogP contribution in [-0.2, 0) is 0 Å². The minimum atomic E-state index is 0.395. The van der Waals surface area contributed by atoms with Crippen LogP contribution in [0.5, 0.6) is 0 Å². The van der Waals surface area contributed by atoms with Crippen molar-refractivity contribution in [2.24, 2.45) is 0 Å². The molecule has 0 radical (unpaired) electrons. The molecule has 1 aromatic heterocycles. The molecule has 0 bridgehead atoms. The summed E-state index contributed by atoms with van der Waals surface area (Å²) in [5, 5.41) is 0. The van der Waals surface area contributed by atoms with Crippen LogP contribution in [-0.4, -0.2) is 4.98 Å². The molecule has 0 aliphatic heterocycles. The lowest BCUT2D eigenvalue weighted by molar-refractivity contribution is 0.517. The number of nitrogens with one attached hydrogen (secondary N) is 1. The molecule has 1 heterocycles. The number of aromatic amines is 1. The van der Waals surface area contributed by atoms with Crippen molar-refractivity contribution in [1.29, 1.82) is 0 Å². The van der Waals surface area contributed by atoms with E-state index >= 15 is 0 Å². The molecule has 1 rings (SSSR count). The van der Waals surface area contributed by atoms with Crippen molar-refractivity contribution in [3.05, 3.63) is 15.7 Å². The van der Waals surface area contributed by atoms with E-state index in [2.05, 4.69) is 33.1 Å². The SMILES string of the molecule is S=c1[nH]cc(Br)o1. The summed E-state index contributed by atoms with van der Waals surface area (Å²) in [5.41, 5.74) is 0. The van der Waals surface area contributed by atoms with Crippen molar-refractivity contribution in [2.75, 3.05) is 0 Å². The number of hydrogen-bond acceptors (Lipinski definition) is 2.